The number of amides is 1. The van der Waals surface area contributed by atoms with Gasteiger partial charge in [0.15, 0.2) is 6.61 Å². The monoisotopic (exact) mass is 419 g/mol. The smallest absolute Gasteiger partial charge is 0.260 e. The average molecular weight is 421 g/mol. The van der Waals surface area contributed by atoms with Crippen molar-refractivity contribution in [3.8, 4) is 5.75 Å². The lowest BCUT2D eigenvalue weighted by atomic mass is 9.97. The standard InChI is InChI=1S/C18H22ClN3O2.2ClH/c1-12(20)15-6-2-3-10-22(15)17(23)11-24-16-8-7-14(19)13-5-4-9-21-18(13)16;;/h4-5,7-9,12,15H,2-3,6,10-11,20H2,1H3;2*1H. The number of aromatic nitrogens is 1. The maximum Gasteiger partial charge on any atom is 0.260 e. The first-order valence-corrected chi connectivity index (χ1v) is 8.67. The van der Waals surface area contributed by atoms with E-state index in [2.05, 4.69) is 4.98 Å². The van der Waals surface area contributed by atoms with Crippen molar-refractivity contribution in [3.05, 3.63) is 35.5 Å². The molecule has 8 heteroatoms. The molecule has 2 heterocycles. The molecule has 2 aromatic rings. The first-order valence-electron chi connectivity index (χ1n) is 8.29. The molecule has 3 rings (SSSR count). The number of hydrogen-bond acceptors (Lipinski definition) is 4. The molecule has 1 aromatic carbocycles. The van der Waals surface area contributed by atoms with E-state index in [0.717, 1.165) is 31.2 Å². The van der Waals surface area contributed by atoms with E-state index in [4.69, 9.17) is 22.1 Å². The number of hydrogen-bond donors (Lipinski definition) is 1. The second kappa shape index (κ2) is 10.2. The van der Waals surface area contributed by atoms with Gasteiger partial charge in [-0.1, -0.05) is 11.6 Å². The number of nitrogens with two attached hydrogens (primary N) is 1. The molecular formula is C18H24Cl3N3O2. The second-order valence-electron chi connectivity index (χ2n) is 6.24. The number of fused-ring (bicyclic) bond motifs is 1. The number of nitrogens with zero attached hydrogens (tertiary/aromatic N) is 2. The van der Waals surface area contributed by atoms with Crippen molar-refractivity contribution in [1.29, 1.82) is 0 Å². The van der Waals surface area contributed by atoms with Crippen LogP contribution in [0.25, 0.3) is 10.9 Å². The summed E-state index contributed by atoms with van der Waals surface area (Å²) in [6.07, 6.45) is 4.77. The minimum atomic E-state index is -0.0349. The third-order valence-electron chi connectivity index (χ3n) is 4.51. The molecule has 2 atom stereocenters. The van der Waals surface area contributed by atoms with Crippen LogP contribution in [0.3, 0.4) is 0 Å². The van der Waals surface area contributed by atoms with Crippen molar-refractivity contribution in [2.75, 3.05) is 13.2 Å². The molecule has 1 fully saturated rings. The van der Waals surface area contributed by atoms with Gasteiger partial charge in [0.2, 0.25) is 0 Å². The maximum atomic E-state index is 12.6. The molecule has 0 aliphatic carbocycles. The summed E-state index contributed by atoms with van der Waals surface area (Å²) in [5.74, 6) is 0.536. The van der Waals surface area contributed by atoms with Crippen LogP contribution in [0.2, 0.25) is 5.02 Å². The number of rotatable bonds is 4. The summed E-state index contributed by atoms with van der Waals surface area (Å²) in [7, 11) is 0. The van der Waals surface area contributed by atoms with Crippen molar-refractivity contribution in [3.63, 3.8) is 0 Å². The zero-order valence-electron chi connectivity index (χ0n) is 14.6. The Hall–Kier alpha value is -1.27. The SMILES string of the molecule is CC(N)C1CCCCN1C(=O)COc1ccc(Cl)c2cccnc12.Cl.Cl. The predicted octanol–water partition coefficient (Wildman–Crippen LogP) is 3.84. The van der Waals surface area contributed by atoms with Crippen LogP contribution in [0.15, 0.2) is 30.5 Å². The Balaban J connectivity index is 0.00000169. The Morgan fingerprint density at radius 1 is 1.38 bits per heavy atom. The first kappa shape index (κ1) is 22.8. The molecule has 144 valence electrons. The molecule has 0 saturated carbocycles. The Morgan fingerprint density at radius 2 is 2.15 bits per heavy atom. The van der Waals surface area contributed by atoms with E-state index < -0.39 is 0 Å². The number of carbonyl (C=O) groups is 1. The van der Waals surface area contributed by atoms with Crippen LogP contribution in [0.4, 0.5) is 0 Å². The zero-order valence-corrected chi connectivity index (χ0v) is 16.9. The van der Waals surface area contributed by atoms with Gasteiger partial charge in [0.25, 0.3) is 5.91 Å². The van der Waals surface area contributed by atoms with Crippen LogP contribution in [0.5, 0.6) is 5.75 Å². The molecule has 2 N–H and O–H groups in total. The fourth-order valence-electron chi connectivity index (χ4n) is 3.26. The molecule has 0 bridgehead atoms. The lowest BCUT2D eigenvalue weighted by Crippen LogP contribution is -2.52. The summed E-state index contributed by atoms with van der Waals surface area (Å²) in [6, 6.07) is 7.28. The third kappa shape index (κ3) is 4.92. The molecule has 5 nitrogen and oxygen atoms in total. The summed E-state index contributed by atoms with van der Waals surface area (Å²) < 4.78 is 5.76. The van der Waals surface area contributed by atoms with E-state index in [0.29, 0.717) is 16.3 Å². The molecule has 1 aliphatic rings. The molecule has 1 aromatic heterocycles. The lowest BCUT2D eigenvalue weighted by Gasteiger charge is -2.38. The summed E-state index contributed by atoms with van der Waals surface area (Å²) in [5.41, 5.74) is 6.70. The van der Waals surface area contributed by atoms with E-state index in [1.807, 2.05) is 24.0 Å². The molecule has 0 spiro atoms. The Bertz CT molecular complexity index is 743. The quantitative estimate of drug-likeness (QED) is 0.816. The molecule has 1 saturated heterocycles. The highest BCUT2D eigenvalue weighted by atomic mass is 35.5. The van der Waals surface area contributed by atoms with Crippen LogP contribution < -0.4 is 10.5 Å². The fraction of sp³-hybridized carbons (Fsp3) is 0.444. The summed E-state index contributed by atoms with van der Waals surface area (Å²) in [6.45, 7) is 2.68. The number of pyridine rings is 1. The Kier molecular flexibility index (Phi) is 8.90. The van der Waals surface area contributed by atoms with Gasteiger partial charge in [0.05, 0.1) is 5.02 Å². The first-order chi connectivity index (χ1) is 11.6. The number of likely N-dealkylation sites (tertiary alicyclic amines) is 1. The topological polar surface area (TPSA) is 68.5 Å². The average Bonchev–Trinajstić information content (AvgIpc) is 2.61. The van der Waals surface area contributed by atoms with Crippen molar-refractivity contribution < 1.29 is 9.53 Å². The molecule has 0 radical (unpaired) electrons. The van der Waals surface area contributed by atoms with E-state index in [1.54, 1.807) is 18.3 Å². The Morgan fingerprint density at radius 3 is 2.88 bits per heavy atom. The minimum Gasteiger partial charge on any atom is -0.481 e. The van der Waals surface area contributed by atoms with Crippen LogP contribution in [-0.4, -0.2) is 41.0 Å². The lowest BCUT2D eigenvalue weighted by molar-refractivity contribution is -0.137. The Labute approximate surface area is 171 Å². The van der Waals surface area contributed by atoms with Crippen molar-refractivity contribution in [2.24, 2.45) is 5.73 Å². The van der Waals surface area contributed by atoms with Gasteiger partial charge in [0.1, 0.15) is 11.3 Å². The van der Waals surface area contributed by atoms with Crippen LogP contribution in [-0.2, 0) is 4.79 Å². The normalized spacial score (nSPS) is 17.8. The molecule has 1 aliphatic heterocycles. The van der Waals surface area contributed by atoms with Crippen molar-refractivity contribution in [2.45, 2.75) is 38.3 Å². The van der Waals surface area contributed by atoms with Crippen LogP contribution in [0, 0.1) is 0 Å². The highest BCUT2D eigenvalue weighted by Crippen LogP contribution is 2.29. The molecule has 2 unspecified atom stereocenters. The fourth-order valence-corrected chi connectivity index (χ4v) is 3.48. The highest BCUT2D eigenvalue weighted by Gasteiger charge is 2.29. The summed E-state index contributed by atoms with van der Waals surface area (Å²) >= 11 is 6.18. The van der Waals surface area contributed by atoms with E-state index in [9.17, 15) is 4.79 Å². The van der Waals surface area contributed by atoms with Gasteiger partial charge < -0.3 is 15.4 Å². The van der Waals surface area contributed by atoms with Crippen molar-refractivity contribution in [1.82, 2.24) is 9.88 Å². The largest absolute Gasteiger partial charge is 0.481 e. The zero-order chi connectivity index (χ0) is 17.1. The van der Waals surface area contributed by atoms with Gasteiger partial charge in [-0.05, 0) is 50.5 Å². The number of piperidine rings is 1. The highest BCUT2D eigenvalue weighted by molar-refractivity contribution is 6.35. The number of carbonyl (C=O) groups excluding carboxylic acids is 1. The van der Waals surface area contributed by atoms with E-state index in [1.165, 1.54) is 0 Å². The van der Waals surface area contributed by atoms with Gasteiger partial charge in [-0.3, -0.25) is 9.78 Å². The van der Waals surface area contributed by atoms with Crippen LogP contribution in [0.1, 0.15) is 26.2 Å². The van der Waals surface area contributed by atoms with Crippen molar-refractivity contribution >= 4 is 53.2 Å². The third-order valence-corrected chi connectivity index (χ3v) is 4.84. The van der Waals surface area contributed by atoms with Crippen LogP contribution >= 0.6 is 36.4 Å². The number of halogens is 3. The van der Waals surface area contributed by atoms with Gasteiger partial charge >= 0.3 is 0 Å². The molecule has 26 heavy (non-hydrogen) atoms. The van der Waals surface area contributed by atoms with E-state index in [-0.39, 0.29) is 49.4 Å². The predicted molar refractivity (Wildman–Crippen MR) is 110 cm³/mol. The van der Waals surface area contributed by atoms with E-state index >= 15 is 0 Å². The minimum absolute atomic E-state index is 0. The summed E-state index contributed by atoms with van der Waals surface area (Å²) in [4.78, 5) is 18.8. The second-order valence-corrected chi connectivity index (χ2v) is 6.65. The van der Waals surface area contributed by atoms with Gasteiger partial charge in [-0.25, -0.2) is 0 Å². The summed E-state index contributed by atoms with van der Waals surface area (Å²) in [5, 5.41) is 1.43. The number of ether oxygens (including phenoxy) is 1. The van der Waals surface area contributed by atoms with Gasteiger partial charge in [0, 0.05) is 30.2 Å². The van der Waals surface area contributed by atoms with Gasteiger partial charge in [-0.2, -0.15) is 0 Å². The maximum absolute atomic E-state index is 12.6. The van der Waals surface area contributed by atoms with Gasteiger partial charge in [-0.15, -0.1) is 24.8 Å². The molecule has 1 amide bonds. The number of benzene rings is 1. The molecular weight excluding hydrogens is 397 g/mol.